The van der Waals surface area contributed by atoms with Gasteiger partial charge in [-0.1, -0.05) is 6.92 Å². The van der Waals surface area contributed by atoms with Gasteiger partial charge in [-0.2, -0.15) is 5.26 Å². The molecule has 1 saturated carbocycles. The van der Waals surface area contributed by atoms with Crippen molar-refractivity contribution >= 4 is 5.69 Å². The normalized spacial score (nSPS) is 17.3. The highest BCUT2D eigenvalue weighted by atomic mass is 15.0. The predicted molar refractivity (Wildman–Crippen MR) is 66.4 cm³/mol. The number of nitriles is 1. The van der Waals surface area contributed by atoms with Crippen LogP contribution in [0.2, 0.25) is 0 Å². The Morgan fingerprint density at radius 3 is 2.62 bits per heavy atom. The van der Waals surface area contributed by atoms with Crippen LogP contribution in [-0.4, -0.2) is 5.54 Å². The van der Waals surface area contributed by atoms with Crippen molar-refractivity contribution in [2.24, 2.45) is 0 Å². The fourth-order valence-electron chi connectivity index (χ4n) is 2.34. The van der Waals surface area contributed by atoms with Crippen LogP contribution in [0.1, 0.15) is 43.7 Å². The highest BCUT2D eigenvalue weighted by molar-refractivity contribution is 5.53. The van der Waals surface area contributed by atoms with E-state index in [0.29, 0.717) is 5.54 Å². The van der Waals surface area contributed by atoms with Gasteiger partial charge in [-0.15, -0.1) is 0 Å². The van der Waals surface area contributed by atoms with Gasteiger partial charge < -0.3 is 5.32 Å². The Labute approximate surface area is 97.3 Å². The number of rotatable bonds is 3. The maximum atomic E-state index is 8.87. The van der Waals surface area contributed by atoms with Crippen LogP contribution in [0.4, 0.5) is 5.69 Å². The number of hydrogen-bond acceptors (Lipinski definition) is 2. The van der Waals surface area contributed by atoms with E-state index in [9.17, 15) is 0 Å². The van der Waals surface area contributed by atoms with Gasteiger partial charge >= 0.3 is 0 Å². The standard InChI is InChI=1S/C14H18N2/c1-3-14(7-4-8-14)16-13-6-5-12(10-15)11(2)9-13/h5-6,9,16H,3-4,7-8H2,1-2H3. The van der Waals surface area contributed by atoms with E-state index in [1.807, 2.05) is 19.1 Å². The summed E-state index contributed by atoms with van der Waals surface area (Å²) in [5.74, 6) is 0. The SMILES string of the molecule is CCC1(Nc2ccc(C#N)c(C)c2)CCC1. The van der Waals surface area contributed by atoms with Gasteiger partial charge in [0.15, 0.2) is 0 Å². The number of nitrogens with one attached hydrogen (secondary N) is 1. The van der Waals surface area contributed by atoms with Gasteiger partial charge in [0.2, 0.25) is 0 Å². The first-order valence-electron chi connectivity index (χ1n) is 5.98. The van der Waals surface area contributed by atoms with Gasteiger partial charge in [0.25, 0.3) is 0 Å². The zero-order valence-corrected chi connectivity index (χ0v) is 10.0. The monoisotopic (exact) mass is 214 g/mol. The molecule has 1 fully saturated rings. The molecule has 16 heavy (non-hydrogen) atoms. The quantitative estimate of drug-likeness (QED) is 0.834. The molecular formula is C14H18N2. The van der Waals surface area contributed by atoms with Gasteiger partial charge in [0, 0.05) is 11.2 Å². The lowest BCUT2D eigenvalue weighted by Crippen LogP contribution is -2.44. The Kier molecular flexibility index (Phi) is 2.87. The molecule has 0 radical (unpaired) electrons. The van der Waals surface area contributed by atoms with Crippen molar-refractivity contribution in [2.45, 2.75) is 45.1 Å². The smallest absolute Gasteiger partial charge is 0.0994 e. The minimum Gasteiger partial charge on any atom is -0.380 e. The van der Waals surface area contributed by atoms with E-state index in [0.717, 1.165) is 16.8 Å². The molecule has 1 aliphatic rings. The number of anilines is 1. The second-order valence-corrected chi connectivity index (χ2v) is 4.75. The number of hydrogen-bond donors (Lipinski definition) is 1. The summed E-state index contributed by atoms with van der Waals surface area (Å²) in [5, 5.41) is 12.5. The van der Waals surface area contributed by atoms with Gasteiger partial charge in [0.1, 0.15) is 0 Å². The largest absolute Gasteiger partial charge is 0.380 e. The second-order valence-electron chi connectivity index (χ2n) is 4.75. The fraction of sp³-hybridized carbons (Fsp3) is 0.500. The maximum absolute atomic E-state index is 8.87. The van der Waals surface area contributed by atoms with Crippen LogP contribution < -0.4 is 5.32 Å². The molecule has 0 spiro atoms. The van der Waals surface area contributed by atoms with Crippen molar-refractivity contribution in [3.05, 3.63) is 29.3 Å². The lowest BCUT2D eigenvalue weighted by atomic mass is 9.74. The first-order valence-corrected chi connectivity index (χ1v) is 5.98. The Morgan fingerprint density at radius 2 is 2.19 bits per heavy atom. The lowest BCUT2D eigenvalue weighted by Gasteiger charge is -2.43. The van der Waals surface area contributed by atoms with Gasteiger partial charge in [-0.25, -0.2) is 0 Å². The van der Waals surface area contributed by atoms with E-state index in [4.69, 9.17) is 5.26 Å². The number of nitrogens with zero attached hydrogens (tertiary/aromatic N) is 1. The van der Waals surface area contributed by atoms with E-state index < -0.39 is 0 Å². The summed E-state index contributed by atoms with van der Waals surface area (Å²) < 4.78 is 0. The molecule has 1 N–H and O–H groups in total. The highest BCUT2D eigenvalue weighted by Gasteiger charge is 2.34. The fourth-order valence-corrected chi connectivity index (χ4v) is 2.34. The van der Waals surface area contributed by atoms with Crippen molar-refractivity contribution < 1.29 is 0 Å². The molecule has 0 saturated heterocycles. The molecule has 1 aromatic carbocycles. The third-order valence-corrected chi connectivity index (χ3v) is 3.74. The molecule has 84 valence electrons. The molecule has 1 aliphatic carbocycles. The predicted octanol–water partition coefficient (Wildman–Crippen LogP) is 3.61. The second kappa shape index (κ2) is 4.17. The third-order valence-electron chi connectivity index (χ3n) is 3.74. The maximum Gasteiger partial charge on any atom is 0.0994 e. The van der Waals surface area contributed by atoms with Gasteiger partial charge in [0.05, 0.1) is 11.6 Å². The minimum atomic E-state index is 0.320. The lowest BCUT2D eigenvalue weighted by molar-refractivity contribution is 0.269. The van der Waals surface area contributed by atoms with Gasteiger partial charge in [-0.3, -0.25) is 0 Å². The van der Waals surface area contributed by atoms with Crippen LogP contribution in [0, 0.1) is 18.3 Å². The van der Waals surface area contributed by atoms with E-state index in [-0.39, 0.29) is 0 Å². The van der Waals surface area contributed by atoms with Crippen LogP contribution >= 0.6 is 0 Å². The van der Waals surface area contributed by atoms with Gasteiger partial charge in [-0.05, 0) is 56.4 Å². The average Bonchev–Trinajstić information content (AvgIpc) is 2.24. The molecule has 0 aromatic heterocycles. The topological polar surface area (TPSA) is 35.8 Å². The molecular weight excluding hydrogens is 196 g/mol. The Balaban J connectivity index is 2.16. The highest BCUT2D eigenvalue weighted by Crippen LogP contribution is 2.38. The summed E-state index contributed by atoms with van der Waals surface area (Å²) >= 11 is 0. The Hall–Kier alpha value is -1.49. The van der Waals surface area contributed by atoms with Crippen LogP contribution in [0.5, 0.6) is 0 Å². The zero-order valence-electron chi connectivity index (χ0n) is 10.0. The van der Waals surface area contributed by atoms with Crippen molar-refractivity contribution in [1.29, 1.82) is 5.26 Å². The first-order chi connectivity index (χ1) is 7.69. The van der Waals surface area contributed by atoms with E-state index in [1.54, 1.807) is 0 Å². The van der Waals surface area contributed by atoms with Crippen molar-refractivity contribution in [3.63, 3.8) is 0 Å². The average molecular weight is 214 g/mol. The van der Waals surface area contributed by atoms with Crippen molar-refractivity contribution in [1.82, 2.24) is 0 Å². The van der Waals surface area contributed by atoms with Crippen LogP contribution in [0.15, 0.2) is 18.2 Å². The molecule has 0 unspecified atom stereocenters. The van der Waals surface area contributed by atoms with E-state index in [2.05, 4.69) is 24.4 Å². The molecule has 1 aromatic rings. The molecule has 2 rings (SSSR count). The van der Waals surface area contributed by atoms with Crippen LogP contribution in [0.3, 0.4) is 0 Å². The third kappa shape index (κ3) is 1.90. The molecule has 2 heteroatoms. The first kappa shape index (κ1) is 11.0. The Morgan fingerprint density at radius 1 is 1.44 bits per heavy atom. The summed E-state index contributed by atoms with van der Waals surface area (Å²) in [6.45, 7) is 4.23. The summed E-state index contributed by atoms with van der Waals surface area (Å²) in [7, 11) is 0. The van der Waals surface area contributed by atoms with Crippen molar-refractivity contribution in [2.75, 3.05) is 5.32 Å². The van der Waals surface area contributed by atoms with Crippen LogP contribution in [-0.2, 0) is 0 Å². The molecule has 2 nitrogen and oxygen atoms in total. The minimum absolute atomic E-state index is 0.320. The zero-order chi connectivity index (χ0) is 11.6. The summed E-state index contributed by atoms with van der Waals surface area (Å²) in [6, 6.07) is 8.19. The number of benzene rings is 1. The van der Waals surface area contributed by atoms with E-state index in [1.165, 1.54) is 25.7 Å². The van der Waals surface area contributed by atoms with Crippen LogP contribution in [0.25, 0.3) is 0 Å². The summed E-state index contributed by atoms with van der Waals surface area (Å²) in [6.07, 6.45) is 5.03. The van der Waals surface area contributed by atoms with E-state index >= 15 is 0 Å². The summed E-state index contributed by atoms with van der Waals surface area (Å²) in [5.41, 5.74) is 3.29. The number of aryl methyl sites for hydroxylation is 1. The molecule has 0 amide bonds. The van der Waals surface area contributed by atoms with Crippen molar-refractivity contribution in [3.8, 4) is 6.07 Å². The summed E-state index contributed by atoms with van der Waals surface area (Å²) in [4.78, 5) is 0. The molecule has 0 aliphatic heterocycles. The molecule has 0 atom stereocenters. The Bertz CT molecular complexity index is 419. The molecule has 0 bridgehead atoms. The molecule has 0 heterocycles.